The van der Waals surface area contributed by atoms with Crippen molar-refractivity contribution < 1.29 is 4.42 Å². The van der Waals surface area contributed by atoms with Crippen LogP contribution in [-0.2, 0) is 6.54 Å². The van der Waals surface area contributed by atoms with Crippen molar-refractivity contribution in [2.24, 2.45) is 0 Å². The summed E-state index contributed by atoms with van der Waals surface area (Å²) in [6, 6.07) is 6.20. The topological polar surface area (TPSA) is 25.2 Å². The first kappa shape index (κ1) is 7.37. The molecule has 62 valence electrons. The van der Waals surface area contributed by atoms with Crippen LogP contribution in [0.2, 0.25) is 0 Å². The summed E-state index contributed by atoms with van der Waals surface area (Å²) in [5, 5.41) is 3.13. The van der Waals surface area contributed by atoms with Crippen LogP contribution in [0.5, 0.6) is 0 Å². The molecule has 1 aliphatic carbocycles. The maximum Gasteiger partial charge on any atom is 0.0979 e. The fourth-order valence-corrected chi connectivity index (χ4v) is 1.43. The van der Waals surface area contributed by atoms with E-state index in [0.29, 0.717) is 0 Å². The lowest BCUT2D eigenvalue weighted by Crippen LogP contribution is -2.04. The van der Waals surface area contributed by atoms with E-state index >= 15 is 0 Å². The van der Waals surface area contributed by atoms with Crippen molar-refractivity contribution in [3.8, 4) is 11.1 Å². The summed E-state index contributed by atoms with van der Waals surface area (Å²) in [5.41, 5.74) is 3.77. The first-order chi connectivity index (χ1) is 5.92. The summed E-state index contributed by atoms with van der Waals surface area (Å²) in [6.45, 7) is 0.910. The maximum absolute atomic E-state index is 5.06. The van der Waals surface area contributed by atoms with Gasteiger partial charge in [-0.15, -0.1) is 0 Å². The van der Waals surface area contributed by atoms with Crippen LogP contribution in [0.25, 0.3) is 11.1 Å². The van der Waals surface area contributed by atoms with Crippen LogP contribution < -0.4 is 5.32 Å². The molecule has 0 aromatic carbocycles. The van der Waals surface area contributed by atoms with Crippen molar-refractivity contribution in [3.63, 3.8) is 0 Å². The highest BCUT2D eigenvalue weighted by molar-refractivity contribution is 5.69. The zero-order valence-corrected chi connectivity index (χ0v) is 7.00. The number of rotatable bonds is 2. The molecule has 0 atom stereocenters. The van der Waals surface area contributed by atoms with Gasteiger partial charge in [-0.3, -0.25) is 0 Å². The van der Waals surface area contributed by atoms with Crippen molar-refractivity contribution >= 4 is 0 Å². The Bertz CT molecular complexity index is 340. The number of nitrogens with one attached hydrogen (secondary N) is 1. The van der Waals surface area contributed by atoms with Gasteiger partial charge in [-0.2, -0.15) is 0 Å². The molecular formula is C10H11NO. The van der Waals surface area contributed by atoms with E-state index in [1.165, 1.54) is 16.7 Å². The van der Waals surface area contributed by atoms with Gasteiger partial charge in [0, 0.05) is 12.1 Å². The molecule has 2 aliphatic rings. The molecule has 2 heteroatoms. The number of hydrogen-bond donors (Lipinski definition) is 1. The third-order valence-electron chi connectivity index (χ3n) is 2.00. The molecule has 12 heavy (non-hydrogen) atoms. The van der Waals surface area contributed by atoms with Gasteiger partial charge >= 0.3 is 0 Å². The molecule has 0 amide bonds. The lowest BCUT2D eigenvalue weighted by molar-refractivity contribution is 0.552. The maximum atomic E-state index is 5.06. The smallest absolute Gasteiger partial charge is 0.0979 e. The average molecular weight is 161 g/mol. The van der Waals surface area contributed by atoms with Gasteiger partial charge in [0.1, 0.15) is 0 Å². The van der Waals surface area contributed by atoms with E-state index in [2.05, 4.69) is 17.4 Å². The first-order valence-corrected chi connectivity index (χ1v) is 4.00. The van der Waals surface area contributed by atoms with Gasteiger partial charge in [0.15, 0.2) is 0 Å². The molecule has 1 aliphatic heterocycles. The molecule has 0 radical (unpaired) electrons. The minimum Gasteiger partial charge on any atom is -0.472 e. The Hall–Kier alpha value is -1.28. The molecule has 0 fully saturated rings. The number of hydrogen-bond acceptors (Lipinski definition) is 2. The van der Waals surface area contributed by atoms with Gasteiger partial charge in [-0.25, -0.2) is 0 Å². The molecule has 1 heterocycles. The second kappa shape index (κ2) is 2.99. The normalized spacial score (nSPS) is 10.8. The highest BCUT2D eigenvalue weighted by Gasteiger charge is 2.07. The van der Waals surface area contributed by atoms with Crippen LogP contribution in [0, 0.1) is 0 Å². The van der Waals surface area contributed by atoms with Gasteiger partial charge < -0.3 is 9.73 Å². The van der Waals surface area contributed by atoms with Crippen LogP contribution in [-0.4, -0.2) is 7.05 Å². The van der Waals surface area contributed by atoms with Crippen molar-refractivity contribution in [2.45, 2.75) is 6.54 Å². The molecule has 2 rings (SSSR count). The quantitative estimate of drug-likeness (QED) is 0.729. The van der Waals surface area contributed by atoms with Crippen molar-refractivity contribution in [1.82, 2.24) is 5.32 Å². The van der Waals surface area contributed by atoms with Crippen LogP contribution in [0.4, 0.5) is 0 Å². The van der Waals surface area contributed by atoms with Crippen molar-refractivity contribution in [1.29, 1.82) is 0 Å². The Labute approximate surface area is 71.5 Å². The molecule has 2 nitrogen and oxygen atoms in total. The minimum atomic E-state index is 0.910. The highest BCUT2D eigenvalue weighted by atomic mass is 16.3. The average Bonchev–Trinajstić information content (AvgIpc) is 2.50. The summed E-state index contributed by atoms with van der Waals surface area (Å²) < 4.78 is 5.06. The van der Waals surface area contributed by atoms with E-state index in [-0.39, 0.29) is 0 Å². The fourth-order valence-electron chi connectivity index (χ4n) is 1.43. The lowest BCUT2D eigenvalue weighted by Gasteiger charge is -2.01. The Morgan fingerprint density at radius 2 is 2.25 bits per heavy atom. The van der Waals surface area contributed by atoms with Crippen LogP contribution >= 0.6 is 0 Å². The van der Waals surface area contributed by atoms with E-state index in [0.717, 1.165) is 6.54 Å². The number of fused-ring (bicyclic) bond motifs is 1. The third kappa shape index (κ3) is 1.10. The second-order valence-electron chi connectivity index (χ2n) is 2.81. The molecule has 1 N–H and O–H groups in total. The van der Waals surface area contributed by atoms with Crippen molar-refractivity contribution in [2.75, 3.05) is 7.05 Å². The molecule has 0 aromatic heterocycles. The van der Waals surface area contributed by atoms with Crippen LogP contribution in [0.1, 0.15) is 5.56 Å². The van der Waals surface area contributed by atoms with Crippen molar-refractivity contribution in [3.05, 3.63) is 36.3 Å². The highest BCUT2D eigenvalue weighted by Crippen LogP contribution is 2.26. The molecule has 0 saturated carbocycles. The molecule has 0 aromatic rings. The van der Waals surface area contributed by atoms with Gasteiger partial charge in [0.2, 0.25) is 0 Å². The second-order valence-corrected chi connectivity index (χ2v) is 2.81. The largest absolute Gasteiger partial charge is 0.472 e. The molecule has 0 saturated heterocycles. The Balaban J connectivity index is 2.45. The summed E-state index contributed by atoms with van der Waals surface area (Å²) in [6.07, 6.45) is 3.48. The van der Waals surface area contributed by atoms with Gasteiger partial charge in [0.25, 0.3) is 0 Å². The monoisotopic (exact) mass is 161 g/mol. The lowest BCUT2D eigenvalue weighted by atomic mass is 10.1. The molecular weight excluding hydrogens is 150 g/mol. The Morgan fingerprint density at radius 1 is 1.33 bits per heavy atom. The first-order valence-electron chi connectivity index (χ1n) is 4.00. The Kier molecular flexibility index (Phi) is 1.84. The molecule has 0 unspecified atom stereocenters. The summed E-state index contributed by atoms with van der Waals surface area (Å²) in [4.78, 5) is 0. The Morgan fingerprint density at radius 3 is 3.08 bits per heavy atom. The SMILES string of the molecule is CNCc1ccc2coccc1-2. The molecule has 0 spiro atoms. The van der Waals surface area contributed by atoms with E-state index in [4.69, 9.17) is 4.42 Å². The van der Waals surface area contributed by atoms with Gasteiger partial charge in [0.05, 0.1) is 12.5 Å². The van der Waals surface area contributed by atoms with Crippen LogP contribution in [0.15, 0.2) is 35.1 Å². The van der Waals surface area contributed by atoms with E-state index in [1.807, 2.05) is 13.1 Å². The summed E-state index contributed by atoms with van der Waals surface area (Å²) in [7, 11) is 1.95. The fraction of sp³-hybridized carbons (Fsp3) is 0.200. The van der Waals surface area contributed by atoms with Gasteiger partial charge in [-0.05, 0) is 24.2 Å². The summed E-state index contributed by atoms with van der Waals surface area (Å²) in [5.74, 6) is 0. The molecule has 0 bridgehead atoms. The van der Waals surface area contributed by atoms with Gasteiger partial charge in [-0.1, -0.05) is 12.1 Å². The zero-order valence-electron chi connectivity index (χ0n) is 7.00. The third-order valence-corrected chi connectivity index (χ3v) is 2.00. The zero-order chi connectivity index (χ0) is 8.39. The summed E-state index contributed by atoms with van der Waals surface area (Å²) >= 11 is 0. The minimum absolute atomic E-state index is 0.910. The standard InChI is InChI=1S/C10H11NO/c1-11-6-8-2-3-9-7-12-5-4-10(8)9/h2-5,7,11H,6H2,1H3. The van der Waals surface area contributed by atoms with Crippen LogP contribution in [0.3, 0.4) is 0 Å². The van der Waals surface area contributed by atoms with E-state index in [1.54, 1.807) is 12.5 Å². The predicted molar refractivity (Wildman–Crippen MR) is 48.1 cm³/mol. The van der Waals surface area contributed by atoms with E-state index < -0.39 is 0 Å². The predicted octanol–water partition coefficient (Wildman–Crippen LogP) is 2.10. The van der Waals surface area contributed by atoms with E-state index in [9.17, 15) is 0 Å².